The predicted molar refractivity (Wildman–Crippen MR) is 52.9 cm³/mol. The van der Waals surface area contributed by atoms with Crippen LogP contribution in [-0.2, 0) is 4.74 Å². The molecule has 0 bridgehead atoms. The molecule has 2 heterocycles. The molecule has 14 heavy (non-hydrogen) atoms. The molecule has 0 radical (unpaired) electrons. The number of cyclic esters (lactones) is 1. The molecule has 2 rings (SSSR count). The minimum absolute atomic E-state index is 0.0309. The molecule has 1 unspecified atom stereocenters. The van der Waals surface area contributed by atoms with Crippen LogP contribution in [0.15, 0.2) is 23.9 Å². The van der Waals surface area contributed by atoms with Gasteiger partial charge in [0.15, 0.2) is 6.10 Å². The molecule has 2 aliphatic rings. The van der Waals surface area contributed by atoms with Crippen LogP contribution in [0, 0.1) is 0 Å². The number of halogens is 1. The molecule has 5 heteroatoms. The predicted octanol–water partition coefficient (Wildman–Crippen LogP) is 1.09. The van der Waals surface area contributed by atoms with Gasteiger partial charge in [0.05, 0.1) is 11.7 Å². The summed E-state index contributed by atoms with van der Waals surface area (Å²) in [6.07, 6.45) is 4.88. The smallest absolute Gasteiger partial charge is 0.408 e. The fourth-order valence-electron chi connectivity index (χ4n) is 1.53. The third-order valence-corrected chi connectivity index (χ3v) is 2.46. The van der Waals surface area contributed by atoms with Crippen molar-refractivity contribution in [3.05, 3.63) is 23.9 Å². The van der Waals surface area contributed by atoms with Gasteiger partial charge in [-0.3, -0.25) is 0 Å². The van der Waals surface area contributed by atoms with E-state index in [0.717, 1.165) is 5.70 Å². The maximum absolute atomic E-state index is 10.9. The van der Waals surface area contributed by atoms with Gasteiger partial charge in [-0.05, 0) is 19.1 Å². The van der Waals surface area contributed by atoms with Crippen molar-refractivity contribution < 1.29 is 9.53 Å². The van der Waals surface area contributed by atoms with Crippen LogP contribution in [0.25, 0.3) is 0 Å². The monoisotopic (exact) mass is 214 g/mol. The van der Waals surface area contributed by atoms with E-state index in [1.165, 1.54) is 0 Å². The number of allylic oxidation sites excluding steroid dienone is 2. The highest BCUT2D eigenvalue weighted by atomic mass is 35.5. The van der Waals surface area contributed by atoms with Crippen molar-refractivity contribution in [2.45, 2.75) is 24.6 Å². The van der Waals surface area contributed by atoms with Gasteiger partial charge in [-0.25, -0.2) is 4.79 Å². The Labute approximate surface area is 86.9 Å². The molecular formula is C9H11ClN2O2. The fourth-order valence-corrected chi connectivity index (χ4v) is 1.74. The van der Waals surface area contributed by atoms with Gasteiger partial charge in [0.2, 0.25) is 0 Å². The Hall–Kier alpha value is -1.16. The van der Waals surface area contributed by atoms with Gasteiger partial charge in [-0.1, -0.05) is 17.7 Å². The van der Waals surface area contributed by atoms with Crippen LogP contribution in [-0.4, -0.2) is 23.7 Å². The molecule has 4 nitrogen and oxygen atoms in total. The van der Waals surface area contributed by atoms with Gasteiger partial charge in [0, 0.05) is 0 Å². The third kappa shape index (κ3) is 1.70. The van der Waals surface area contributed by atoms with Gasteiger partial charge in [-0.15, -0.1) is 0 Å². The van der Waals surface area contributed by atoms with E-state index in [1.54, 1.807) is 0 Å². The quantitative estimate of drug-likeness (QED) is 0.508. The minimum atomic E-state index is -0.383. The zero-order valence-electron chi connectivity index (χ0n) is 7.66. The van der Waals surface area contributed by atoms with E-state index in [2.05, 4.69) is 10.6 Å². The van der Waals surface area contributed by atoms with Crippen molar-refractivity contribution in [3.8, 4) is 0 Å². The molecule has 0 spiro atoms. The lowest BCUT2D eigenvalue weighted by Gasteiger charge is -2.22. The van der Waals surface area contributed by atoms with E-state index < -0.39 is 0 Å². The average molecular weight is 215 g/mol. The normalized spacial score (nSPS) is 35.7. The summed E-state index contributed by atoms with van der Waals surface area (Å²) in [5, 5.41) is 5.70. The molecule has 76 valence electrons. The lowest BCUT2D eigenvalue weighted by molar-refractivity contribution is 0.146. The topological polar surface area (TPSA) is 50.4 Å². The summed E-state index contributed by atoms with van der Waals surface area (Å²) in [5.41, 5.74) is 0.597. The van der Waals surface area contributed by atoms with Crippen LogP contribution >= 0.6 is 11.6 Å². The Morgan fingerprint density at radius 2 is 2.29 bits per heavy atom. The minimum Gasteiger partial charge on any atom is -0.438 e. The Balaban J connectivity index is 2.12. The SMILES string of the molecule is C[C@@H]1NC(=O)O[C@@H]1C1=CC=CC(Cl)N1. The maximum Gasteiger partial charge on any atom is 0.408 e. The third-order valence-electron chi connectivity index (χ3n) is 2.20. The summed E-state index contributed by atoms with van der Waals surface area (Å²) in [4.78, 5) is 10.9. The Morgan fingerprint density at radius 3 is 2.86 bits per heavy atom. The molecule has 2 aliphatic heterocycles. The Kier molecular flexibility index (Phi) is 2.37. The second-order valence-electron chi connectivity index (χ2n) is 3.31. The molecule has 3 atom stereocenters. The fraction of sp³-hybridized carbons (Fsp3) is 0.444. The van der Waals surface area contributed by atoms with E-state index >= 15 is 0 Å². The van der Waals surface area contributed by atoms with Crippen LogP contribution in [0.2, 0.25) is 0 Å². The molecule has 0 aromatic carbocycles. The number of hydrogen-bond donors (Lipinski definition) is 2. The first-order valence-corrected chi connectivity index (χ1v) is 4.86. The number of alkyl carbamates (subject to hydrolysis) is 1. The van der Waals surface area contributed by atoms with Crippen molar-refractivity contribution in [3.63, 3.8) is 0 Å². The van der Waals surface area contributed by atoms with Crippen LogP contribution in [0.4, 0.5) is 4.79 Å². The molecule has 1 fully saturated rings. The summed E-state index contributed by atoms with van der Waals surface area (Å²) in [5.74, 6) is 0. The number of alkyl halides is 1. The van der Waals surface area contributed by atoms with Crippen molar-refractivity contribution in [1.29, 1.82) is 0 Å². The number of carbonyl (C=O) groups excluding carboxylic acids is 1. The first-order chi connectivity index (χ1) is 6.66. The van der Waals surface area contributed by atoms with Crippen molar-refractivity contribution >= 4 is 17.7 Å². The highest BCUT2D eigenvalue weighted by Crippen LogP contribution is 2.18. The summed E-state index contributed by atoms with van der Waals surface area (Å²) in [6.45, 7) is 1.89. The molecule has 0 aliphatic carbocycles. The largest absolute Gasteiger partial charge is 0.438 e. The number of nitrogens with one attached hydrogen (secondary N) is 2. The van der Waals surface area contributed by atoms with Gasteiger partial charge < -0.3 is 15.4 Å². The lowest BCUT2D eigenvalue weighted by atomic mass is 10.1. The average Bonchev–Trinajstić information content (AvgIpc) is 2.45. The van der Waals surface area contributed by atoms with Crippen LogP contribution in [0.1, 0.15) is 6.92 Å². The zero-order chi connectivity index (χ0) is 10.1. The molecule has 1 amide bonds. The number of rotatable bonds is 1. The lowest BCUT2D eigenvalue weighted by Crippen LogP contribution is -2.37. The highest BCUT2D eigenvalue weighted by molar-refractivity contribution is 6.21. The molecule has 2 N–H and O–H groups in total. The van der Waals surface area contributed by atoms with Gasteiger partial charge in [-0.2, -0.15) is 0 Å². The van der Waals surface area contributed by atoms with E-state index in [0.29, 0.717) is 0 Å². The van der Waals surface area contributed by atoms with Gasteiger partial charge in [0.1, 0.15) is 5.50 Å². The van der Waals surface area contributed by atoms with Crippen LogP contribution in [0.5, 0.6) is 0 Å². The number of ether oxygens (including phenoxy) is 1. The second kappa shape index (κ2) is 3.53. The van der Waals surface area contributed by atoms with Crippen LogP contribution in [0.3, 0.4) is 0 Å². The van der Waals surface area contributed by atoms with E-state index in [-0.39, 0.29) is 23.7 Å². The van der Waals surface area contributed by atoms with E-state index in [1.807, 2.05) is 25.2 Å². The summed E-state index contributed by atoms with van der Waals surface area (Å²) in [6, 6.07) is -0.0309. The number of carbonyl (C=O) groups is 1. The first kappa shape index (κ1) is 9.40. The summed E-state index contributed by atoms with van der Waals surface area (Å²) in [7, 11) is 0. The number of hydrogen-bond acceptors (Lipinski definition) is 3. The summed E-state index contributed by atoms with van der Waals surface area (Å²) < 4.78 is 5.09. The van der Waals surface area contributed by atoms with Crippen LogP contribution < -0.4 is 10.6 Å². The van der Waals surface area contributed by atoms with Gasteiger partial charge in [0.25, 0.3) is 0 Å². The molecule has 0 aromatic heterocycles. The highest BCUT2D eigenvalue weighted by Gasteiger charge is 2.34. The molecule has 0 aromatic rings. The molecule has 0 saturated carbocycles. The number of dihydropyridines is 1. The standard InChI is InChI=1S/C9H11ClN2O2/c1-5-8(14-9(13)11-5)6-3-2-4-7(10)12-6/h2-5,7-8,12H,1H3,(H,11,13)/t5-,7?,8-/m0/s1. The van der Waals surface area contributed by atoms with Crippen molar-refractivity contribution in [1.82, 2.24) is 10.6 Å². The van der Waals surface area contributed by atoms with Gasteiger partial charge >= 0.3 is 6.09 Å². The Morgan fingerprint density at radius 1 is 1.50 bits per heavy atom. The van der Waals surface area contributed by atoms with Crippen molar-refractivity contribution in [2.24, 2.45) is 0 Å². The molecule has 1 saturated heterocycles. The Bertz CT molecular complexity index is 314. The van der Waals surface area contributed by atoms with E-state index in [9.17, 15) is 4.79 Å². The van der Waals surface area contributed by atoms with Crippen molar-refractivity contribution in [2.75, 3.05) is 0 Å². The second-order valence-corrected chi connectivity index (χ2v) is 3.78. The maximum atomic E-state index is 10.9. The first-order valence-electron chi connectivity index (χ1n) is 4.43. The summed E-state index contributed by atoms with van der Waals surface area (Å²) >= 11 is 5.87. The van der Waals surface area contributed by atoms with E-state index in [4.69, 9.17) is 16.3 Å². The molecular weight excluding hydrogens is 204 g/mol. The number of amides is 1. The zero-order valence-corrected chi connectivity index (χ0v) is 8.41.